The Balaban J connectivity index is 1.28. The van der Waals surface area contributed by atoms with E-state index in [9.17, 15) is 22.8 Å². The fourth-order valence-corrected chi connectivity index (χ4v) is 5.06. The standard InChI is InChI=1S/C24H23F3N4O4/c1-34-19-5-3-13(8-20(19)35-2)22(32)29-17-9-16-7-14(17)11-30(16)23(33)18-10-28-21-6-4-15(12-31(18)21)24(25,26)27/h3-6,8,10,12,14,16-17H,7,9,11H2,1-2H3,(H,29,32)/t14-,16-,17-/m1/s1. The van der Waals surface area contributed by atoms with Crippen molar-refractivity contribution in [3.05, 3.63) is 59.5 Å². The third-order valence-electron chi connectivity index (χ3n) is 6.82. The summed E-state index contributed by atoms with van der Waals surface area (Å²) in [5.74, 6) is 0.411. The Kier molecular flexibility index (Phi) is 5.57. The average molecular weight is 488 g/mol. The number of carbonyl (C=O) groups excluding carboxylic acids is 2. The van der Waals surface area contributed by atoms with Crippen LogP contribution in [0.4, 0.5) is 13.2 Å². The molecule has 0 radical (unpaired) electrons. The highest BCUT2D eigenvalue weighted by Crippen LogP contribution is 2.39. The number of hydrogen-bond acceptors (Lipinski definition) is 5. The van der Waals surface area contributed by atoms with E-state index in [2.05, 4.69) is 10.3 Å². The molecule has 184 valence electrons. The number of alkyl halides is 3. The van der Waals surface area contributed by atoms with E-state index < -0.39 is 11.7 Å². The molecule has 1 aliphatic heterocycles. The van der Waals surface area contributed by atoms with Gasteiger partial charge in [0.15, 0.2) is 11.5 Å². The molecule has 3 heterocycles. The van der Waals surface area contributed by atoms with Crippen molar-refractivity contribution in [2.75, 3.05) is 20.8 Å². The molecule has 2 aromatic heterocycles. The number of rotatable bonds is 5. The van der Waals surface area contributed by atoms with Gasteiger partial charge in [-0.05, 0) is 49.1 Å². The summed E-state index contributed by atoms with van der Waals surface area (Å²) in [5.41, 5.74) is -0.0576. The van der Waals surface area contributed by atoms with Crippen LogP contribution in [-0.2, 0) is 6.18 Å². The zero-order valence-corrected chi connectivity index (χ0v) is 19.0. The second-order valence-electron chi connectivity index (χ2n) is 8.78. The van der Waals surface area contributed by atoms with Gasteiger partial charge in [-0.25, -0.2) is 4.98 Å². The SMILES string of the molecule is COc1ccc(C(=O)N[C@@H]2C[C@H]3C[C@@H]2CN3C(=O)c2cnc3ccc(C(F)(F)F)cn23)cc1OC. The van der Waals surface area contributed by atoms with Gasteiger partial charge in [-0.2, -0.15) is 13.2 Å². The Labute approximate surface area is 198 Å². The number of nitrogens with zero attached hydrogens (tertiary/aromatic N) is 3. The number of pyridine rings is 1. The summed E-state index contributed by atoms with van der Waals surface area (Å²) in [7, 11) is 3.01. The molecule has 35 heavy (non-hydrogen) atoms. The van der Waals surface area contributed by atoms with Gasteiger partial charge in [0, 0.05) is 30.4 Å². The largest absolute Gasteiger partial charge is 0.493 e. The minimum atomic E-state index is -4.52. The molecular formula is C24H23F3N4O4. The molecule has 2 fully saturated rings. The molecule has 11 heteroatoms. The molecule has 1 saturated carbocycles. The van der Waals surface area contributed by atoms with Crippen LogP contribution in [0.15, 0.2) is 42.7 Å². The van der Waals surface area contributed by atoms with Crippen LogP contribution in [0.2, 0.25) is 0 Å². The van der Waals surface area contributed by atoms with Crippen molar-refractivity contribution in [3.63, 3.8) is 0 Å². The second-order valence-corrected chi connectivity index (χ2v) is 8.78. The summed E-state index contributed by atoms with van der Waals surface area (Å²) in [6.07, 6.45) is -1.03. The number of carbonyl (C=O) groups is 2. The first-order valence-corrected chi connectivity index (χ1v) is 11.1. The van der Waals surface area contributed by atoms with Crippen molar-refractivity contribution in [2.45, 2.75) is 31.1 Å². The molecular weight excluding hydrogens is 465 g/mol. The Hall–Kier alpha value is -3.76. The van der Waals surface area contributed by atoms with Crippen LogP contribution in [0.3, 0.4) is 0 Å². The number of aromatic nitrogens is 2. The number of imidazole rings is 1. The van der Waals surface area contributed by atoms with Gasteiger partial charge in [-0.15, -0.1) is 0 Å². The Morgan fingerprint density at radius 2 is 1.86 bits per heavy atom. The van der Waals surface area contributed by atoms with E-state index in [0.29, 0.717) is 36.4 Å². The lowest BCUT2D eigenvalue weighted by Gasteiger charge is -2.32. The molecule has 8 nitrogen and oxygen atoms in total. The van der Waals surface area contributed by atoms with Crippen LogP contribution in [0.25, 0.3) is 5.65 Å². The van der Waals surface area contributed by atoms with Gasteiger partial charge in [0.1, 0.15) is 11.3 Å². The number of amides is 2. The number of likely N-dealkylation sites (tertiary alicyclic amines) is 1. The molecule has 1 saturated heterocycles. The van der Waals surface area contributed by atoms with Crippen molar-refractivity contribution in [1.29, 1.82) is 0 Å². The minimum absolute atomic E-state index is 0.0537. The lowest BCUT2D eigenvalue weighted by atomic mass is 10.0. The molecule has 2 bridgehead atoms. The maximum absolute atomic E-state index is 13.2. The molecule has 1 aromatic carbocycles. The van der Waals surface area contributed by atoms with E-state index in [1.54, 1.807) is 23.1 Å². The number of hydrogen-bond donors (Lipinski definition) is 1. The van der Waals surface area contributed by atoms with E-state index >= 15 is 0 Å². The molecule has 0 spiro atoms. The topological polar surface area (TPSA) is 85.2 Å². The highest BCUT2D eigenvalue weighted by molar-refractivity contribution is 5.95. The predicted octanol–water partition coefficient (Wildman–Crippen LogP) is 3.40. The monoisotopic (exact) mass is 488 g/mol. The lowest BCUT2D eigenvalue weighted by Crippen LogP contribution is -2.47. The van der Waals surface area contributed by atoms with Gasteiger partial charge in [0.25, 0.3) is 11.8 Å². The summed E-state index contributed by atoms with van der Waals surface area (Å²) < 4.78 is 51.1. The normalized spacial score (nSPS) is 21.4. The van der Waals surface area contributed by atoms with Crippen molar-refractivity contribution < 1.29 is 32.2 Å². The number of methoxy groups -OCH3 is 2. The first kappa shape index (κ1) is 23.0. The smallest absolute Gasteiger partial charge is 0.417 e. The molecule has 0 unspecified atom stereocenters. The highest BCUT2D eigenvalue weighted by atomic mass is 19.4. The molecule has 1 aliphatic carbocycles. The molecule has 5 rings (SSSR count). The summed E-state index contributed by atoms with van der Waals surface area (Å²) in [5, 5.41) is 3.05. The quantitative estimate of drug-likeness (QED) is 0.595. The van der Waals surface area contributed by atoms with Gasteiger partial charge < -0.3 is 19.7 Å². The first-order chi connectivity index (χ1) is 16.7. The summed E-state index contributed by atoms with van der Waals surface area (Å²) in [6.45, 7) is 0.409. The van der Waals surface area contributed by atoms with Gasteiger partial charge >= 0.3 is 6.18 Å². The molecule has 2 amide bonds. The van der Waals surface area contributed by atoms with Crippen LogP contribution in [0.5, 0.6) is 11.5 Å². The van der Waals surface area contributed by atoms with Crippen molar-refractivity contribution >= 4 is 17.5 Å². The number of fused-ring (bicyclic) bond motifs is 3. The van der Waals surface area contributed by atoms with Gasteiger partial charge in [0.05, 0.1) is 26.0 Å². The third-order valence-corrected chi connectivity index (χ3v) is 6.82. The van der Waals surface area contributed by atoms with Crippen LogP contribution in [0.1, 0.15) is 39.3 Å². The van der Waals surface area contributed by atoms with E-state index in [-0.39, 0.29) is 41.2 Å². The van der Waals surface area contributed by atoms with Crippen molar-refractivity contribution in [3.8, 4) is 11.5 Å². The second kappa shape index (κ2) is 8.47. The number of nitrogens with one attached hydrogen (secondary N) is 1. The average Bonchev–Trinajstić information content (AvgIpc) is 3.56. The van der Waals surface area contributed by atoms with E-state index in [1.165, 1.54) is 30.9 Å². The Morgan fingerprint density at radius 3 is 2.51 bits per heavy atom. The zero-order chi connectivity index (χ0) is 24.9. The van der Waals surface area contributed by atoms with Crippen molar-refractivity contribution in [2.24, 2.45) is 5.92 Å². The number of piperidine rings is 1. The fraction of sp³-hybridized carbons (Fsp3) is 0.375. The van der Waals surface area contributed by atoms with Crippen LogP contribution >= 0.6 is 0 Å². The predicted molar refractivity (Wildman–Crippen MR) is 119 cm³/mol. The van der Waals surface area contributed by atoms with Crippen LogP contribution in [0, 0.1) is 5.92 Å². The molecule has 1 N–H and O–H groups in total. The molecule has 2 aliphatic rings. The number of benzene rings is 1. The van der Waals surface area contributed by atoms with Gasteiger partial charge in [0.2, 0.25) is 0 Å². The first-order valence-electron chi connectivity index (χ1n) is 11.1. The fourth-order valence-electron chi connectivity index (χ4n) is 5.06. The Bertz CT molecular complexity index is 1310. The van der Waals surface area contributed by atoms with E-state index in [0.717, 1.165) is 12.3 Å². The molecule has 3 atom stereocenters. The summed E-state index contributed by atoms with van der Waals surface area (Å²) in [4.78, 5) is 31.8. The lowest BCUT2D eigenvalue weighted by molar-refractivity contribution is -0.137. The van der Waals surface area contributed by atoms with E-state index in [1.807, 2.05) is 0 Å². The highest BCUT2D eigenvalue weighted by Gasteiger charge is 2.47. The maximum atomic E-state index is 13.2. The Morgan fingerprint density at radius 1 is 1.09 bits per heavy atom. The van der Waals surface area contributed by atoms with Crippen LogP contribution < -0.4 is 14.8 Å². The number of ether oxygens (including phenoxy) is 2. The zero-order valence-electron chi connectivity index (χ0n) is 19.0. The van der Waals surface area contributed by atoms with Crippen LogP contribution in [-0.4, -0.2) is 58.9 Å². The van der Waals surface area contributed by atoms with E-state index in [4.69, 9.17) is 9.47 Å². The van der Waals surface area contributed by atoms with Gasteiger partial charge in [-0.3, -0.25) is 14.0 Å². The third kappa shape index (κ3) is 4.04. The molecule has 3 aromatic rings. The van der Waals surface area contributed by atoms with Gasteiger partial charge in [-0.1, -0.05) is 0 Å². The van der Waals surface area contributed by atoms with Crippen molar-refractivity contribution in [1.82, 2.24) is 19.6 Å². The summed E-state index contributed by atoms with van der Waals surface area (Å²) >= 11 is 0. The maximum Gasteiger partial charge on any atom is 0.417 e. The number of halogens is 3. The summed E-state index contributed by atoms with van der Waals surface area (Å²) in [6, 6.07) is 6.89. The minimum Gasteiger partial charge on any atom is -0.493 e.